The van der Waals surface area contributed by atoms with Gasteiger partial charge < -0.3 is 19.9 Å². The molecule has 0 radical (unpaired) electrons. The molecular formula is C21H27N3O4. The van der Waals surface area contributed by atoms with Crippen molar-refractivity contribution in [3.05, 3.63) is 36.0 Å². The lowest BCUT2D eigenvalue weighted by molar-refractivity contribution is 0.187. The number of amides is 1. The molecule has 28 heavy (non-hydrogen) atoms. The van der Waals surface area contributed by atoms with Gasteiger partial charge in [-0.3, -0.25) is 5.32 Å². The number of rotatable bonds is 6. The molecule has 0 spiro atoms. The van der Waals surface area contributed by atoms with E-state index in [-0.39, 0.29) is 11.4 Å². The largest absolute Gasteiger partial charge is 0.492 e. The van der Waals surface area contributed by atoms with Gasteiger partial charge in [-0.2, -0.15) is 0 Å². The number of fused-ring (bicyclic) bond motifs is 3. The van der Waals surface area contributed by atoms with Gasteiger partial charge in [-0.1, -0.05) is 13.8 Å². The molecule has 7 nitrogen and oxygen atoms in total. The number of benzene rings is 1. The van der Waals surface area contributed by atoms with Crippen LogP contribution >= 0.6 is 0 Å². The molecule has 1 aromatic heterocycles. The minimum atomic E-state index is -2.09. The minimum Gasteiger partial charge on any atom is -0.492 e. The van der Waals surface area contributed by atoms with Crippen molar-refractivity contribution in [1.82, 2.24) is 4.98 Å². The highest BCUT2D eigenvalue weighted by atomic mass is 16.5. The summed E-state index contributed by atoms with van der Waals surface area (Å²) in [6.07, 6.45) is 1.50. The van der Waals surface area contributed by atoms with Gasteiger partial charge in [0, 0.05) is 28.9 Å². The molecule has 0 bridgehead atoms. The summed E-state index contributed by atoms with van der Waals surface area (Å²) in [6, 6.07) is 6.81. The highest BCUT2D eigenvalue weighted by Crippen LogP contribution is 2.40. The standard InChI is InChI=1S/C21H27N3O4/c1-13(2)9-21(3,22)12-28-15-5-6-16-17-8-19(24-20(25)26-4)23-10-14(17)11-27-18(16)7-15/h5-8,10,13H,9,11-12,22H2,1-4H3,(H,23,24,25)/t21-/m0/s1/i11D2. The number of ether oxygens (including phenoxy) is 3. The Bertz CT molecular complexity index is 948. The van der Waals surface area contributed by atoms with E-state index >= 15 is 0 Å². The molecule has 0 saturated carbocycles. The van der Waals surface area contributed by atoms with Gasteiger partial charge >= 0.3 is 6.09 Å². The number of pyridine rings is 1. The molecule has 1 aromatic carbocycles. The highest BCUT2D eigenvalue weighted by Gasteiger charge is 2.23. The number of hydrogen-bond acceptors (Lipinski definition) is 6. The molecule has 1 aliphatic rings. The van der Waals surface area contributed by atoms with Crippen LogP contribution in [-0.2, 0) is 11.3 Å². The van der Waals surface area contributed by atoms with Crippen LogP contribution < -0.4 is 20.5 Å². The van der Waals surface area contributed by atoms with Crippen molar-refractivity contribution < 1.29 is 21.7 Å². The lowest BCUT2D eigenvalue weighted by Crippen LogP contribution is -2.43. The third-order valence-electron chi connectivity index (χ3n) is 4.28. The Hall–Kier alpha value is -2.80. The summed E-state index contributed by atoms with van der Waals surface area (Å²) < 4.78 is 32.6. The third kappa shape index (κ3) is 4.72. The van der Waals surface area contributed by atoms with E-state index in [9.17, 15) is 4.79 Å². The lowest BCUT2D eigenvalue weighted by Gasteiger charge is -2.27. The Balaban J connectivity index is 1.89. The molecule has 1 amide bonds. The number of nitrogens with two attached hydrogens (primary N) is 1. The van der Waals surface area contributed by atoms with Crippen LogP contribution in [0, 0.1) is 5.92 Å². The Kier molecular flexibility index (Phi) is 4.98. The van der Waals surface area contributed by atoms with E-state index in [1.807, 2.05) is 6.92 Å². The Morgan fingerprint density at radius 1 is 1.43 bits per heavy atom. The van der Waals surface area contributed by atoms with E-state index in [1.54, 1.807) is 24.3 Å². The van der Waals surface area contributed by atoms with Crippen LogP contribution in [0.3, 0.4) is 0 Å². The van der Waals surface area contributed by atoms with Crippen molar-refractivity contribution in [1.29, 1.82) is 0 Å². The molecule has 150 valence electrons. The highest BCUT2D eigenvalue weighted by molar-refractivity contribution is 5.85. The first kappa shape index (κ1) is 17.3. The van der Waals surface area contributed by atoms with Crippen LogP contribution in [-0.4, -0.2) is 30.3 Å². The molecule has 1 aliphatic heterocycles. The van der Waals surface area contributed by atoms with Crippen molar-refractivity contribution in [3.63, 3.8) is 0 Å². The van der Waals surface area contributed by atoms with E-state index in [2.05, 4.69) is 28.9 Å². The average Bonchev–Trinajstić information content (AvgIpc) is 2.64. The smallest absolute Gasteiger partial charge is 0.412 e. The van der Waals surface area contributed by atoms with Crippen molar-refractivity contribution in [2.45, 2.75) is 39.3 Å². The van der Waals surface area contributed by atoms with Gasteiger partial charge in [0.25, 0.3) is 0 Å². The molecule has 0 unspecified atom stereocenters. The molecule has 2 aromatic rings. The average molecular weight is 387 g/mol. The fourth-order valence-corrected chi connectivity index (χ4v) is 3.23. The molecule has 7 heteroatoms. The molecule has 0 saturated heterocycles. The Morgan fingerprint density at radius 2 is 2.21 bits per heavy atom. The lowest BCUT2D eigenvalue weighted by atomic mass is 9.93. The quantitative estimate of drug-likeness (QED) is 0.779. The number of nitrogens with one attached hydrogen (secondary N) is 1. The van der Waals surface area contributed by atoms with E-state index in [4.69, 9.17) is 17.9 Å². The van der Waals surface area contributed by atoms with Crippen LogP contribution in [0.15, 0.2) is 30.5 Å². The fourth-order valence-electron chi connectivity index (χ4n) is 3.23. The third-order valence-corrected chi connectivity index (χ3v) is 4.28. The van der Waals surface area contributed by atoms with Gasteiger partial charge in [-0.25, -0.2) is 9.78 Å². The van der Waals surface area contributed by atoms with E-state index < -0.39 is 18.2 Å². The second-order valence-corrected chi connectivity index (χ2v) is 7.63. The van der Waals surface area contributed by atoms with Crippen LogP contribution in [0.1, 0.15) is 35.5 Å². The molecule has 3 rings (SSSR count). The van der Waals surface area contributed by atoms with Gasteiger partial charge in [-0.15, -0.1) is 0 Å². The second-order valence-electron chi connectivity index (χ2n) is 7.63. The summed E-state index contributed by atoms with van der Waals surface area (Å²) in [5.41, 5.74) is 7.33. The number of carbonyl (C=O) groups is 1. The van der Waals surface area contributed by atoms with E-state index in [0.29, 0.717) is 35.2 Å². The summed E-state index contributed by atoms with van der Waals surface area (Å²) in [7, 11) is 1.25. The van der Waals surface area contributed by atoms with Gasteiger partial charge in [-0.05, 0) is 43.0 Å². The normalized spacial score (nSPS) is 17.2. The van der Waals surface area contributed by atoms with E-state index in [0.717, 1.165) is 6.42 Å². The second kappa shape index (κ2) is 8.06. The van der Waals surface area contributed by atoms with Gasteiger partial charge in [0.1, 0.15) is 30.5 Å². The van der Waals surface area contributed by atoms with Crippen molar-refractivity contribution in [3.8, 4) is 22.6 Å². The summed E-state index contributed by atoms with van der Waals surface area (Å²) in [4.78, 5) is 15.6. The van der Waals surface area contributed by atoms with Crippen LogP contribution in [0.5, 0.6) is 11.5 Å². The molecule has 1 atom stereocenters. The van der Waals surface area contributed by atoms with Crippen LogP contribution in [0.25, 0.3) is 11.1 Å². The minimum absolute atomic E-state index is 0.247. The SMILES string of the molecule is [2H]C1([2H])Oc2cc(OC[C@@](C)(N)CC(C)C)ccc2-c2cc(NC(=O)OC)ncc21. The first-order valence-electron chi connectivity index (χ1n) is 10.1. The fraction of sp³-hybridized carbons (Fsp3) is 0.429. The number of methoxy groups -OCH3 is 1. The number of hydrogen-bond donors (Lipinski definition) is 2. The van der Waals surface area contributed by atoms with Crippen molar-refractivity contribution in [2.24, 2.45) is 11.7 Å². The predicted molar refractivity (Wildman–Crippen MR) is 108 cm³/mol. The zero-order valence-corrected chi connectivity index (χ0v) is 16.5. The summed E-state index contributed by atoms with van der Waals surface area (Å²) in [6.45, 7) is 4.40. The van der Waals surface area contributed by atoms with Gasteiger partial charge in [0.05, 0.1) is 9.85 Å². The maximum atomic E-state index is 11.5. The molecular weight excluding hydrogens is 358 g/mol. The molecule has 0 fully saturated rings. The number of aromatic nitrogens is 1. The Labute approximate surface area is 168 Å². The number of carbonyl (C=O) groups excluding carboxylic acids is 1. The monoisotopic (exact) mass is 387 g/mol. The number of anilines is 1. The number of nitrogens with zero attached hydrogens (tertiary/aromatic N) is 1. The van der Waals surface area contributed by atoms with Gasteiger partial charge in [0.2, 0.25) is 0 Å². The molecule has 3 N–H and O–H groups in total. The summed E-state index contributed by atoms with van der Waals surface area (Å²) in [5, 5.41) is 2.49. The maximum Gasteiger partial charge on any atom is 0.412 e. The zero-order chi connectivity index (χ0) is 22.1. The predicted octanol–water partition coefficient (Wildman–Crippen LogP) is 3.96. The Morgan fingerprint density at radius 3 is 2.93 bits per heavy atom. The summed E-state index contributed by atoms with van der Waals surface area (Å²) >= 11 is 0. The maximum absolute atomic E-state index is 11.5. The molecule has 2 heterocycles. The zero-order valence-electron chi connectivity index (χ0n) is 18.5. The van der Waals surface area contributed by atoms with Gasteiger partial charge in [0.15, 0.2) is 0 Å². The van der Waals surface area contributed by atoms with E-state index in [1.165, 1.54) is 13.3 Å². The summed E-state index contributed by atoms with van der Waals surface area (Å²) in [5.74, 6) is 1.57. The van der Waals surface area contributed by atoms with Crippen LogP contribution in [0.2, 0.25) is 0 Å². The van der Waals surface area contributed by atoms with Crippen molar-refractivity contribution >= 4 is 11.9 Å². The topological polar surface area (TPSA) is 95.7 Å². The van der Waals surface area contributed by atoms with Crippen LogP contribution in [0.4, 0.5) is 10.6 Å². The molecule has 0 aliphatic carbocycles. The first-order valence-corrected chi connectivity index (χ1v) is 9.11. The van der Waals surface area contributed by atoms with Crippen molar-refractivity contribution in [2.75, 3.05) is 19.0 Å². The first-order chi connectivity index (χ1) is 14.0.